The zero-order valence-corrected chi connectivity index (χ0v) is 24.0. The number of carbonyl (C=O) groups is 1. The van der Waals surface area contributed by atoms with Crippen molar-refractivity contribution in [3.8, 4) is 5.75 Å². The molecule has 3 aliphatic rings. The summed E-state index contributed by atoms with van der Waals surface area (Å²) in [6.07, 6.45) is 5.53. The Hall–Kier alpha value is -2.88. The van der Waals surface area contributed by atoms with E-state index in [0.717, 1.165) is 11.3 Å². The molecule has 1 aromatic heterocycles. The normalized spacial score (nSPS) is 22.4. The molecule has 2 aliphatic heterocycles. The van der Waals surface area contributed by atoms with Crippen LogP contribution in [0, 0.1) is 0 Å². The molecule has 2 unspecified atom stereocenters. The first-order valence-electron chi connectivity index (χ1n) is 13.0. The van der Waals surface area contributed by atoms with Crippen LogP contribution in [0.2, 0.25) is 0 Å². The quantitative estimate of drug-likeness (QED) is 0.425. The highest BCUT2D eigenvalue weighted by atomic mass is 32.2. The lowest BCUT2D eigenvalue weighted by molar-refractivity contribution is -0.120. The van der Waals surface area contributed by atoms with E-state index in [4.69, 9.17) is 17.0 Å². The molecule has 196 valence electrons. The second-order valence-electron chi connectivity index (χ2n) is 9.70. The molecule has 0 N–H and O–H groups in total. The lowest BCUT2D eigenvalue weighted by Crippen LogP contribution is -2.33. The smallest absolute Gasteiger partial charge is 0.269 e. The Morgan fingerprint density at radius 2 is 1.87 bits per heavy atom. The van der Waals surface area contributed by atoms with Crippen molar-refractivity contribution in [1.29, 1.82) is 0 Å². The van der Waals surface area contributed by atoms with Gasteiger partial charge in [-0.25, -0.2) is 0 Å². The van der Waals surface area contributed by atoms with E-state index in [9.17, 15) is 9.59 Å². The van der Waals surface area contributed by atoms with E-state index in [1.165, 1.54) is 59.3 Å². The van der Waals surface area contributed by atoms with Crippen LogP contribution in [-0.2, 0) is 11.3 Å². The predicted octanol–water partition coefficient (Wildman–Crippen LogP) is 4.54. The molecule has 2 atom stereocenters. The molecule has 9 heteroatoms. The number of anilines is 2. The number of methoxy groups -OCH3 is 1. The van der Waals surface area contributed by atoms with E-state index in [1.807, 2.05) is 32.1 Å². The number of hydrogen-bond donors (Lipinski definition) is 0. The minimum atomic E-state index is -0.110. The molecule has 3 aromatic rings. The van der Waals surface area contributed by atoms with Gasteiger partial charge in [0.05, 0.1) is 11.6 Å². The minimum absolute atomic E-state index is 0.0617. The van der Waals surface area contributed by atoms with Crippen LogP contribution in [0.15, 0.2) is 47.3 Å². The molecule has 1 saturated carbocycles. The number of rotatable bonds is 5. The van der Waals surface area contributed by atoms with Gasteiger partial charge in [-0.1, -0.05) is 36.5 Å². The van der Waals surface area contributed by atoms with E-state index in [-0.39, 0.29) is 11.5 Å². The van der Waals surface area contributed by atoms with E-state index >= 15 is 0 Å². The van der Waals surface area contributed by atoms with Crippen LogP contribution in [0.1, 0.15) is 50.2 Å². The van der Waals surface area contributed by atoms with Gasteiger partial charge in [-0.3, -0.25) is 19.1 Å². The number of thiocarbonyl (C=S) groups is 1. The van der Waals surface area contributed by atoms with Crippen molar-refractivity contribution >= 4 is 67.9 Å². The van der Waals surface area contributed by atoms with E-state index < -0.39 is 0 Å². The Balaban J connectivity index is 1.43. The van der Waals surface area contributed by atoms with Gasteiger partial charge in [0.2, 0.25) is 0 Å². The predicted molar refractivity (Wildman–Crippen MR) is 160 cm³/mol. The molecule has 6 rings (SSSR count). The molecular formula is C29H29N3O3S3. The lowest BCUT2D eigenvalue weighted by atomic mass is 9.96. The van der Waals surface area contributed by atoms with Gasteiger partial charge in [0.1, 0.15) is 19.6 Å². The van der Waals surface area contributed by atoms with Crippen LogP contribution < -0.4 is 24.4 Å². The SMILES string of the molecule is CCN1C(=O)/C(=c2\s/c(=C/c3ccc4c(c3)C3CCCC3N4c3ccc(OC)cc3)c(=O)n2CC)SC1=S. The van der Waals surface area contributed by atoms with Crippen LogP contribution in [0.4, 0.5) is 11.4 Å². The van der Waals surface area contributed by atoms with E-state index in [0.29, 0.717) is 43.5 Å². The van der Waals surface area contributed by atoms with Gasteiger partial charge in [0, 0.05) is 36.4 Å². The minimum Gasteiger partial charge on any atom is -0.497 e. The maximum Gasteiger partial charge on any atom is 0.269 e. The summed E-state index contributed by atoms with van der Waals surface area (Å²) in [5.74, 6) is 1.23. The van der Waals surface area contributed by atoms with Crippen molar-refractivity contribution in [1.82, 2.24) is 9.47 Å². The third-order valence-electron chi connectivity index (χ3n) is 7.75. The summed E-state index contributed by atoms with van der Waals surface area (Å²) in [5, 5.41) is 0. The maximum absolute atomic E-state index is 13.4. The van der Waals surface area contributed by atoms with Crippen molar-refractivity contribution in [2.24, 2.45) is 0 Å². The fraction of sp³-hybridized carbons (Fsp3) is 0.345. The number of carbonyl (C=O) groups excluding carboxylic acids is 1. The number of thiazole rings is 1. The lowest BCUT2D eigenvalue weighted by Gasteiger charge is -2.27. The van der Waals surface area contributed by atoms with Gasteiger partial charge in [-0.05, 0) is 80.3 Å². The number of amides is 1. The second-order valence-corrected chi connectivity index (χ2v) is 12.4. The molecule has 6 nitrogen and oxygen atoms in total. The summed E-state index contributed by atoms with van der Waals surface area (Å²) in [4.78, 5) is 31.0. The molecule has 1 amide bonds. The van der Waals surface area contributed by atoms with Crippen LogP contribution in [0.5, 0.6) is 5.75 Å². The van der Waals surface area contributed by atoms with Gasteiger partial charge in [0.15, 0.2) is 0 Å². The number of aromatic nitrogens is 1. The molecule has 0 radical (unpaired) electrons. The summed E-state index contributed by atoms with van der Waals surface area (Å²) in [5.41, 5.74) is 4.73. The number of fused-ring (bicyclic) bond motifs is 3. The van der Waals surface area contributed by atoms with Crippen LogP contribution in [-0.4, -0.2) is 39.4 Å². The third kappa shape index (κ3) is 4.03. The fourth-order valence-corrected chi connectivity index (χ4v) is 8.68. The second kappa shape index (κ2) is 10.0. The van der Waals surface area contributed by atoms with Crippen molar-refractivity contribution in [3.63, 3.8) is 0 Å². The maximum atomic E-state index is 13.4. The fourth-order valence-electron chi connectivity index (χ4n) is 5.97. The zero-order chi connectivity index (χ0) is 26.6. The highest BCUT2D eigenvalue weighted by Gasteiger charge is 2.42. The van der Waals surface area contributed by atoms with Gasteiger partial charge >= 0.3 is 0 Å². The Morgan fingerprint density at radius 3 is 2.55 bits per heavy atom. The summed E-state index contributed by atoms with van der Waals surface area (Å²) in [6.45, 7) is 4.87. The standard InChI is InChI=1S/C29H29N3O3S3/c1-4-30-26(33)24(37-28(30)25-27(34)31(5-2)29(36)38-25)16-17-9-14-23-21(15-17)20-7-6-8-22(20)32(23)18-10-12-19(35-3)13-11-18/h9-16,20,22H,4-8H2,1-3H3/b24-16+,28-25+. The molecular weight excluding hydrogens is 535 g/mol. The van der Waals surface area contributed by atoms with Gasteiger partial charge in [-0.2, -0.15) is 0 Å². The molecule has 1 aliphatic carbocycles. The van der Waals surface area contributed by atoms with E-state index in [2.05, 4.69) is 35.2 Å². The Kier molecular flexibility index (Phi) is 6.70. The summed E-state index contributed by atoms with van der Waals surface area (Å²) in [6, 6.07) is 15.3. The Morgan fingerprint density at radius 1 is 1.08 bits per heavy atom. The van der Waals surface area contributed by atoms with Crippen molar-refractivity contribution < 1.29 is 9.53 Å². The molecule has 2 aromatic carbocycles. The van der Waals surface area contributed by atoms with Crippen LogP contribution in [0.25, 0.3) is 11.0 Å². The average molecular weight is 564 g/mol. The summed E-state index contributed by atoms with van der Waals surface area (Å²) in [7, 11) is 1.69. The molecule has 38 heavy (non-hydrogen) atoms. The molecule has 0 spiro atoms. The van der Waals surface area contributed by atoms with Gasteiger partial charge in [0.25, 0.3) is 11.5 Å². The van der Waals surface area contributed by atoms with Gasteiger partial charge in [-0.15, -0.1) is 11.3 Å². The number of ether oxygens (including phenoxy) is 1. The Bertz CT molecular complexity index is 1620. The molecule has 2 fully saturated rings. The average Bonchev–Trinajstić information content (AvgIpc) is 3.66. The van der Waals surface area contributed by atoms with Crippen LogP contribution >= 0.6 is 35.3 Å². The Labute approximate surface area is 235 Å². The van der Waals surface area contributed by atoms with E-state index in [1.54, 1.807) is 16.6 Å². The first-order chi connectivity index (χ1) is 18.4. The number of nitrogens with zero attached hydrogens (tertiary/aromatic N) is 3. The summed E-state index contributed by atoms with van der Waals surface area (Å²) >= 11 is 8.08. The molecule has 3 heterocycles. The number of hydrogen-bond acceptors (Lipinski definition) is 7. The zero-order valence-electron chi connectivity index (χ0n) is 21.6. The van der Waals surface area contributed by atoms with Crippen molar-refractivity contribution in [3.05, 3.63) is 73.1 Å². The van der Waals surface area contributed by atoms with Crippen molar-refractivity contribution in [2.75, 3.05) is 18.6 Å². The monoisotopic (exact) mass is 563 g/mol. The first kappa shape index (κ1) is 25.4. The third-order valence-corrected chi connectivity index (χ3v) is 10.5. The molecule has 1 saturated heterocycles. The van der Waals surface area contributed by atoms with Crippen LogP contribution in [0.3, 0.4) is 0 Å². The largest absolute Gasteiger partial charge is 0.497 e. The highest BCUT2D eigenvalue weighted by molar-refractivity contribution is 8.30. The number of thioether (sulfide) groups is 1. The first-order valence-corrected chi connectivity index (χ1v) is 15.1. The number of benzene rings is 2. The van der Waals surface area contributed by atoms with Gasteiger partial charge < -0.3 is 9.64 Å². The molecule has 0 bridgehead atoms. The summed E-state index contributed by atoms with van der Waals surface area (Å²) < 4.78 is 8.94. The highest BCUT2D eigenvalue weighted by Crippen LogP contribution is 2.52. The van der Waals surface area contributed by atoms with Crippen molar-refractivity contribution in [2.45, 2.75) is 51.6 Å². The topological polar surface area (TPSA) is 54.8 Å².